The standard InChI is InChI=1S/C11H14N2OS/c1-13-11(14)9(10(12)15)7-8-5-3-2-4-6-8/h2-6,9H,7H2,1H3,(H2,12,15)(H,13,14). The molecule has 0 aromatic heterocycles. The van der Waals surface area contributed by atoms with Crippen LogP contribution in [0.4, 0.5) is 0 Å². The number of nitrogens with two attached hydrogens (primary N) is 1. The molecular formula is C11H14N2OS. The van der Waals surface area contributed by atoms with Crippen LogP contribution in [-0.2, 0) is 11.2 Å². The van der Waals surface area contributed by atoms with Crippen LogP contribution in [0.1, 0.15) is 5.56 Å². The van der Waals surface area contributed by atoms with Crippen LogP contribution >= 0.6 is 12.2 Å². The van der Waals surface area contributed by atoms with E-state index in [2.05, 4.69) is 5.32 Å². The number of carbonyl (C=O) groups is 1. The summed E-state index contributed by atoms with van der Waals surface area (Å²) in [5.74, 6) is -0.557. The Morgan fingerprint density at radius 2 is 2.07 bits per heavy atom. The molecule has 1 rings (SSSR count). The van der Waals surface area contributed by atoms with E-state index in [-0.39, 0.29) is 10.9 Å². The summed E-state index contributed by atoms with van der Waals surface area (Å²) in [5, 5.41) is 2.56. The van der Waals surface area contributed by atoms with Gasteiger partial charge >= 0.3 is 0 Å². The Labute approximate surface area is 94.7 Å². The van der Waals surface area contributed by atoms with Crippen LogP contribution in [0.2, 0.25) is 0 Å². The lowest BCUT2D eigenvalue weighted by Gasteiger charge is -2.13. The summed E-state index contributed by atoms with van der Waals surface area (Å²) in [6.07, 6.45) is 0.551. The van der Waals surface area contributed by atoms with Crippen LogP contribution in [0.3, 0.4) is 0 Å². The molecule has 1 aromatic carbocycles. The van der Waals surface area contributed by atoms with Gasteiger partial charge in [0.1, 0.15) is 0 Å². The molecule has 3 N–H and O–H groups in total. The number of nitrogens with one attached hydrogen (secondary N) is 1. The van der Waals surface area contributed by atoms with Gasteiger partial charge in [-0.2, -0.15) is 0 Å². The van der Waals surface area contributed by atoms with E-state index in [1.54, 1.807) is 7.05 Å². The van der Waals surface area contributed by atoms with E-state index in [0.717, 1.165) is 5.56 Å². The number of hydrogen-bond donors (Lipinski definition) is 2. The molecule has 3 nitrogen and oxygen atoms in total. The normalized spacial score (nSPS) is 11.8. The van der Waals surface area contributed by atoms with Gasteiger partial charge in [0.05, 0.1) is 10.9 Å². The van der Waals surface area contributed by atoms with Gasteiger partial charge < -0.3 is 11.1 Å². The molecule has 15 heavy (non-hydrogen) atoms. The van der Waals surface area contributed by atoms with Crippen LogP contribution in [0, 0.1) is 5.92 Å². The Morgan fingerprint density at radius 3 is 2.53 bits per heavy atom. The number of carbonyl (C=O) groups excluding carboxylic acids is 1. The molecule has 0 spiro atoms. The summed E-state index contributed by atoms with van der Waals surface area (Å²) < 4.78 is 0. The average molecular weight is 222 g/mol. The quantitative estimate of drug-likeness (QED) is 0.743. The van der Waals surface area contributed by atoms with E-state index in [4.69, 9.17) is 18.0 Å². The molecule has 0 saturated carbocycles. The minimum atomic E-state index is -0.424. The number of benzene rings is 1. The molecular weight excluding hydrogens is 208 g/mol. The largest absolute Gasteiger partial charge is 0.393 e. The molecule has 0 heterocycles. The maximum atomic E-state index is 11.5. The molecule has 0 aliphatic heterocycles. The molecule has 0 aliphatic rings. The molecule has 0 aliphatic carbocycles. The summed E-state index contributed by atoms with van der Waals surface area (Å²) >= 11 is 4.88. The Balaban J connectivity index is 2.76. The lowest BCUT2D eigenvalue weighted by molar-refractivity contribution is -0.122. The molecule has 0 bridgehead atoms. The van der Waals surface area contributed by atoms with E-state index in [1.807, 2.05) is 30.3 Å². The lowest BCUT2D eigenvalue weighted by Crippen LogP contribution is -2.37. The smallest absolute Gasteiger partial charge is 0.230 e. The summed E-state index contributed by atoms with van der Waals surface area (Å²) in [6, 6.07) is 9.69. The fourth-order valence-corrected chi connectivity index (χ4v) is 1.54. The van der Waals surface area contributed by atoms with Crippen molar-refractivity contribution in [3.63, 3.8) is 0 Å². The van der Waals surface area contributed by atoms with E-state index >= 15 is 0 Å². The highest BCUT2D eigenvalue weighted by atomic mass is 32.1. The fraction of sp³-hybridized carbons (Fsp3) is 0.273. The van der Waals surface area contributed by atoms with Gasteiger partial charge in [0.15, 0.2) is 0 Å². The van der Waals surface area contributed by atoms with Crippen molar-refractivity contribution >= 4 is 23.1 Å². The Hall–Kier alpha value is -1.42. The number of amides is 1. The van der Waals surface area contributed by atoms with Crippen molar-refractivity contribution in [3.8, 4) is 0 Å². The van der Waals surface area contributed by atoms with Crippen molar-refractivity contribution in [1.29, 1.82) is 0 Å². The fourth-order valence-electron chi connectivity index (χ4n) is 1.35. The third kappa shape index (κ3) is 3.32. The van der Waals surface area contributed by atoms with Crippen molar-refractivity contribution in [2.24, 2.45) is 11.7 Å². The minimum Gasteiger partial charge on any atom is -0.393 e. The van der Waals surface area contributed by atoms with Crippen LogP contribution in [-0.4, -0.2) is 17.9 Å². The molecule has 0 radical (unpaired) electrons. The second-order valence-electron chi connectivity index (χ2n) is 3.26. The van der Waals surface area contributed by atoms with Crippen LogP contribution in [0.5, 0.6) is 0 Å². The van der Waals surface area contributed by atoms with Gasteiger partial charge in [-0.05, 0) is 12.0 Å². The van der Waals surface area contributed by atoms with Gasteiger partial charge in [-0.25, -0.2) is 0 Å². The van der Waals surface area contributed by atoms with Gasteiger partial charge in [0.25, 0.3) is 0 Å². The topological polar surface area (TPSA) is 55.1 Å². The molecule has 1 atom stereocenters. The zero-order valence-electron chi connectivity index (χ0n) is 8.57. The average Bonchev–Trinajstić information content (AvgIpc) is 2.26. The highest BCUT2D eigenvalue weighted by Gasteiger charge is 2.20. The molecule has 4 heteroatoms. The first-order valence-electron chi connectivity index (χ1n) is 4.70. The maximum absolute atomic E-state index is 11.5. The van der Waals surface area contributed by atoms with Gasteiger partial charge in [0.2, 0.25) is 5.91 Å². The van der Waals surface area contributed by atoms with Gasteiger partial charge in [-0.1, -0.05) is 42.5 Å². The molecule has 0 fully saturated rings. The zero-order chi connectivity index (χ0) is 11.3. The Bertz CT molecular complexity index is 351. The van der Waals surface area contributed by atoms with Gasteiger partial charge in [-0.3, -0.25) is 4.79 Å². The first-order chi connectivity index (χ1) is 7.15. The summed E-state index contributed by atoms with van der Waals surface area (Å²) in [5.41, 5.74) is 6.59. The third-order valence-electron chi connectivity index (χ3n) is 2.19. The lowest BCUT2D eigenvalue weighted by atomic mass is 9.98. The second-order valence-corrected chi connectivity index (χ2v) is 3.73. The monoisotopic (exact) mass is 222 g/mol. The predicted molar refractivity (Wildman–Crippen MR) is 64.5 cm³/mol. The number of rotatable bonds is 4. The van der Waals surface area contributed by atoms with Crippen molar-refractivity contribution in [3.05, 3.63) is 35.9 Å². The summed E-state index contributed by atoms with van der Waals surface area (Å²) in [7, 11) is 1.58. The van der Waals surface area contributed by atoms with Crippen molar-refractivity contribution < 1.29 is 4.79 Å². The second kappa shape index (κ2) is 5.46. The summed E-state index contributed by atoms with van der Waals surface area (Å²) in [6.45, 7) is 0. The van der Waals surface area contributed by atoms with E-state index in [0.29, 0.717) is 6.42 Å². The Morgan fingerprint density at radius 1 is 1.47 bits per heavy atom. The Kier molecular flexibility index (Phi) is 4.24. The SMILES string of the molecule is CNC(=O)C(Cc1ccccc1)C(N)=S. The maximum Gasteiger partial charge on any atom is 0.230 e. The first kappa shape index (κ1) is 11.7. The van der Waals surface area contributed by atoms with E-state index < -0.39 is 5.92 Å². The molecule has 80 valence electrons. The van der Waals surface area contributed by atoms with Crippen LogP contribution in [0.25, 0.3) is 0 Å². The van der Waals surface area contributed by atoms with Crippen molar-refractivity contribution in [2.45, 2.75) is 6.42 Å². The van der Waals surface area contributed by atoms with Crippen molar-refractivity contribution in [1.82, 2.24) is 5.32 Å². The predicted octanol–water partition coefficient (Wildman–Crippen LogP) is 0.877. The molecule has 0 saturated heterocycles. The number of thiocarbonyl (C=S) groups is 1. The highest BCUT2D eigenvalue weighted by Crippen LogP contribution is 2.09. The van der Waals surface area contributed by atoms with Crippen molar-refractivity contribution in [2.75, 3.05) is 7.05 Å². The van der Waals surface area contributed by atoms with Gasteiger partial charge in [-0.15, -0.1) is 0 Å². The third-order valence-corrected chi connectivity index (χ3v) is 2.47. The van der Waals surface area contributed by atoms with Gasteiger partial charge in [0, 0.05) is 7.05 Å². The zero-order valence-corrected chi connectivity index (χ0v) is 9.38. The van der Waals surface area contributed by atoms with Crippen LogP contribution < -0.4 is 11.1 Å². The number of hydrogen-bond acceptors (Lipinski definition) is 2. The minimum absolute atomic E-state index is 0.133. The van der Waals surface area contributed by atoms with E-state index in [9.17, 15) is 4.79 Å². The van der Waals surface area contributed by atoms with E-state index in [1.165, 1.54) is 0 Å². The molecule has 1 unspecified atom stereocenters. The van der Waals surface area contributed by atoms with Crippen LogP contribution in [0.15, 0.2) is 30.3 Å². The highest BCUT2D eigenvalue weighted by molar-refractivity contribution is 7.80. The molecule has 1 amide bonds. The summed E-state index contributed by atoms with van der Waals surface area (Å²) in [4.78, 5) is 11.7. The molecule has 1 aromatic rings. The first-order valence-corrected chi connectivity index (χ1v) is 5.11.